The maximum atomic E-state index is 9.64. The predicted molar refractivity (Wildman–Crippen MR) is 70.6 cm³/mol. The van der Waals surface area contributed by atoms with Gasteiger partial charge in [-0.05, 0) is 37.5 Å². The van der Waals surface area contributed by atoms with Gasteiger partial charge >= 0.3 is 0 Å². The first kappa shape index (κ1) is 12.9. The van der Waals surface area contributed by atoms with E-state index < -0.39 is 0 Å². The minimum Gasteiger partial charge on any atom is -0.296 e. The Morgan fingerprint density at radius 3 is 2.12 bits per heavy atom. The minimum absolute atomic E-state index is 0.133. The summed E-state index contributed by atoms with van der Waals surface area (Å²) in [5.74, 6) is 0. The van der Waals surface area contributed by atoms with E-state index >= 15 is 0 Å². The smallest absolute Gasteiger partial charge is 0.112 e. The molecule has 0 saturated heterocycles. The molecule has 1 unspecified atom stereocenters. The van der Waals surface area contributed by atoms with E-state index in [9.17, 15) is 5.26 Å². The monoisotopic (exact) mass is 234 g/mol. The Hall–Kier alpha value is -0.550. The van der Waals surface area contributed by atoms with Crippen molar-refractivity contribution in [3.63, 3.8) is 0 Å². The molecule has 0 aliphatic heterocycles. The molecule has 1 N–H and O–H groups in total. The molecule has 1 atom stereocenters. The van der Waals surface area contributed by atoms with Gasteiger partial charge in [0.25, 0.3) is 0 Å². The first-order chi connectivity index (χ1) is 8.10. The van der Waals surface area contributed by atoms with Crippen molar-refractivity contribution in [1.82, 2.24) is 5.32 Å². The van der Waals surface area contributed by atoms with E-state index in [1.807, 2.05) is 0 Å². The van der Waals surface area contributed by atoms with Crippen LogP contribution in [-0.4, -0.2) is 11.6 Å². The van der Waals surface area contributed by atoms with Crippen LogP contribution < -0.4 is 5.32 Å². The fraction of sp³-hybridized carbons (Fsp3) is 0.933. The maximum Gasteiger partial charge on any atom is 0.112 e. The summed E-state index contributed by atoms with van der Waals surface area (Å²) in [6, 6.07) is 3.20. The molecule has 2 saturated carbocycles. The largest absolute Gasteiger partial charge is 0.296 e. The average molecular weight is 234 g/mol. The van der Waals surface area contributed by atoms with Gasteiger partial charge in [-0.15, -0.1) is 0 Å². The zero-order valence-electron chi connectivity index (χ0n) is 11.4. The van der Waals surface area contributed by atoms with Gasteiger partial charge in [0.1, 0.15) is 5.54 Å². The molecule has 2 rings (SSSR count). The molecule has 2 heteroatoms. The van der Waals surface area contributed by atoms with Crippen LogP contribution in [0.15, 0.2) is 0 Å². The highest BCUT2D eigenvalue weighted by Crippen LogP contribution is 2.46. The lowest BCUT2D eigenvalue weighted by atomic mass is 9.75. The van der Waals surface area contributed by atoms with Gasteiger partial charge in [-0.2, -0.15) is 5.26 Å². The number of rotatable bonds is 2. The van der Waals surface area contributed by atoms with Crippen molar-refractivity contribution in [2.45, 2.75) is 83.2 Å². The standard InChI is InChI=1S/C15H26N2/c1-14(2)10-7-11-15(14,12-16)17-13-8-5-3-4-6-9-13/h13,17H,3-11H2,1-2H3. The van der Waals surface area contributed by atoms with E-state index in [4.69, 9.17) is 0 Å². The highest BCUT2D eigenvalue weighted by Gasteiger charge is 2.50. The third-order valence-electron chi connectivity index (χ3n) is 5.01. The number of hydrogen-bond acceptors (Lipinski definition) is 2. The summed E-state index contributed by atoms with van der Waals surface area (Å²) >= 11 is 0. The molecule has 0 aromatic rings. The number of nitrogens with one attached hydrogen (secondary N) is 1. The van der Waals surface area contributed by atoms with Crippen molar-refractivity contribution in [3.05, 3.63) is 0 Å². The van der Waals surface area contributed by atoms with Gasteiger partial charge in [0.2, 0.25) is 0 Å². The lowest BCUT2D eigenvalue weighted by Gasteiger charge is -2.39. The van der Waals surface area contributed by atoms with Crippen LogP contribution >= 0.6 is 0 Å². The second-order valence-electron chi connectivity index (χ2n) is 6.59. The Morgan fingerprint density at radius 1 is 1.00 bits per heavy atom. The second kappa shape index (κ2) is 4.98. The summed E-state index contributed by atoms with van der Waals surface area (Å²) < 4.78 is 0. The van der Waals surface area contributed by atoms with Crippen molar-refractivity contribution >= 4 is 0 Å². The van der Waals surface area contributed by atoms with Crippen molar-refractivity contribution < 1.29 is 0 Å². The summed E-state index contributed by atoms with van der Waals surface area (Å²) in [4.78, 5) is 0. The van der Waals surface area contributed by atoms with Crippen LogP contribution in [0.5, 0.6) is 0 Å². The van der Waals surface area contributed by atoms with Gasteiger partial charge in [0.05, 0.1) is 6.07 Å². The van der Waals surface area contributed by atoms with Crippen LogP contribution in [0, 0.1) is 16.7 Å². The molecule has 96 valence electrons. The van der Waals surface area contributed by atoms with E-state index in [0.29, 0.717) is 6.04 Å². The van der Waals surface area contributed by atoms with Crippen molar-refractivity contribution in [1.29, 1.82) is 5.26 Å². The fourth-order valence-corrected chi connectivity index (χ4v) is 3.63. The van der Waals surface area contributed by atoms with Crippen molar-refractivity contribution in [3.8, 4) is 6.07 Å². The summed E-state index contributed by atoms with van der Waals surface area (Å²) in [6.07, 6.45) is 11.4. The quantitative estimate of drug-likeness (QED) is 0.738. The third kappa shape index (κ3) is 2.50. The van der Waals surface area contributed by atoms with Crippen LogP contribution in [0.2, 0.25) is 0 Å². The molecule has 2 aliphatic rings. The summed E-state index contributed by atoms with van der Waals surface area (Å²) in [5, 5.41) is 13.4. The van der Waals surface area contributed by atoms with Gasteiger partial charge in [-0.1, -0.05) is 39.5 Å². The van der Waals surface area contributed by atoms with E-state index in [1.54, 1.807) is 0 Å². The van der Waals surface area contributed by atoms with Crippen LogP contribution in [0.25, 0.3) is 0 Å². The topological polar surface area (TPSA) is 35.8 Å². The molecule has 0 heterocycles. The van der Waals surface area contributed by atoms with Crippen LogP contribution in [0.3, 0.4) is 0 Å². The SMILES string of the molecule is CC1(C)CCCC1(C#N)NC1CCCCCC1. The highest BCUT2D eigenvalue weighted by molar-refractivity contribution is 5.19. The lowest BCUT2D eigenvalue weighted by Crippen LogP contribution is -2.55. The van der Waals surface area contributed by atoms with Gasteiger partial charge in [-0.3, -0.25) is 5.32 Å². The molecular weight excluding hydrogens is 208 g/mol. The average Bonchev–Trinajstić information content (AvgIpc) is 2.49. The number of hydrogen-bond donors (Lipinski definition) is 1. The molecule has 0 amide bonds. The second-order valence-corrected chi connectivity index (χ2v) is 6.59. The molecular formula is C15H26N2. The van der Waals surface area contributed by atoms with E-state index in [1.165, 1.54) is 51.4 Å². The normalized spacial score (nSPS) is 34.2. The molecule has 0 radical (unpaired) electrons. The van der Waals surface area contributed by atoms with Gasteiger partial charge in [0.15, 0.2) is 0 Å². The molecule has 2 aliphatic carbocycles. The highest BCUT2D eigenvalue weighted by atomic mass is 15.0. The van der Waals surface area contributed by atoms with Gasteiger partial charge in [-0.25, -0.2) is 0 Å². The molecule has 17 heavy (non-hydrogen) atoms. The summed E-state index contributed by atoms with van der Waals surface area (Å²) in [6.45, 7) is 4.51. The Balaban J connectivity index is 2.06. The molecule has 2 nitrogen and oxygen atoms in total. The summed E-state index contributed by atoms with van der Waals surface area (Å²) in [5.41, 5.74) is -0.129. The van der Waals surface area contributed by atoms with E-state index in [0.717, 1.165) is 6.42 Å². The van der Waals surface area contributed by atoms with E-state index in [2.05, 4.69) is 25.2 Å². The zero-order valence-corrected chi connectivity index (χ0v) is 11.4. The molecule has 0 bridgehead atoms. The van der Waals surface area contributed by atoms with Crippen molar-refractivity contribution in [2.75, 3.05) is 0 Å². The van der Waals surface area contributed by atoms with Crippen molar-refractivity contribution in [2.24, 2.45) is 5.41 Å². The summed E-state index contributed by atoms with van der Waals surface area (Å²) in [7, 11) is 0. The van der Waals surface area contributed by atoms with Crippen LogP contribution in [-0.2, 0) is 0 Å². The lowest BCUT2D eigenvalue weighted by molar-refractivity contribution is 0.188. The first-order valence-electron chi connectivity index (χ1n) is 7.29. The van der Waals surface area contributed by atoms with Crippen LogP contribution in [0.4, 0.5) is 0 Å². The molecule has 0 spiro atoms. The molecule has 2 fully saturated rings. The zero-order chi connectivity index (χ0) is 12.4. The molecule has 0 aromatic heterocycles. The first-order valence-corrected chi connectivity index (χ1v) is 7.29. The maximum absolute atomic E-state index is 9.64. The van der Waals surface area contributed by atoms with E-state index in [-0.39, 0.29) is 11.0 Å². The van der Waals surface area contributed by atoms with Gasteiger partial charge < -0.3 is 0 Å². The fourth-order valence-electron chi connectivity index (χ4n) is 3.63. The number of nitriles is 1. The number of nitrogens with zero attached hydrogens (tertiary/aromatic N) is 1. The predicted octanol–water partition coefficient (Wildman–Crippen LogP) is 3.77. The Labute approximate surface area is 106 Å². The molecule has 0 aromatic carbocycles. The van der Waals surface area contributed by atoms with Crippen LogP contribution in [0.1, 0.15) is 71.6 Å². The Bertz CT molecular complexity index is 295. The Morgan fingerprint density at radius 2 is 1.65 bits per heavy atom. The minimum atomic E-state index is -0.262. The third-order valence-corrected chi connectivity index (χ3v) is 5.01. The Kier molecular flexibility index (Phi) is 3.78. The van der Waals surface area contributed by atoms with Gasteiger partial charge in [0, 0.05) is 6.04 Å².